The van der Waals surface area contributed by atoms with Crippen molar-refractivity contribution in [3.8, 4) is 6.07 Å². The van der Waals surface area contributed by atoms with Gasteiger partial charge in [0.15, 0.2) is 0 Å². The van der Waals surface area contributed by atoms with Gasteiger partial charge >= 0.3 is 5.97 Å². The standard InChI is InChI=1S/C27H27FN4O2/c1-17(27(33)34)19-6-2-5-18(13-19)11-12-30-25(20-7-3-9-22(28)14-20)24-16-31-23-10-4-8-21(15-29)26(23)32-24/h2-10,13-14,17,24-25,30-32H,11-12,16H2,1H3,(H,33,34)/t17-,24-,25-/m1/s1. The minimum absolute atomic E-state index is 0.123. The SMILES string of the molecule is C[C@@H](C(=O)O)c1cccc(CCN[C@H](c2cccc(F)c2)[C@H]2CNc3cccc(C#N)c3N2)c1. The van der Waals surface area contributed by atoms with Crippen LogP contribution in [0.1, 0.15) is 41.1 Å². The van der Waals surface area contributed by atoms with Crippen molar-refractivity contribution in [1.82, 2.24) is 5.32 Å². The number of carbonyl (C=O) groups is 1. The molecule has 0 unspecified atom stereocenters. The monoisotopic (exact) mass is 458 g/mol. The Kier molecular flexibility index (Phi) is 7.09. The minimum atomic E-state index is -0.852. The van der Waals surface area contributed by atoms with Gasteiger partial charge < -0.3 is 21.1 Å². The number of nitrogens with one attached hydrogen (secondary N) is 3. The van der Waals surface area contributed by atoms with E-state index in [2.05, 4.69) is 22.0 Å². The molecule has 0 radical (unpaired) electrons. The molecule has 1 aliphatic heterocycles. The number of carboxylic acids is 1. The maximum Gasteiger partial charge on any atom is 0.310 e. The molecule has 174 valence electrons. The van der Waals surface area contributed by atoms with Crippen molar-refractivity contribution in [2.75, 3.05) is 23.7 Å². The normalized spacial score (nSPS) is 16.3. The fraction of sp³-hybridized carbons (Fsp3) is 0.259. The highest BCUT2D eigenvalue weighted by atomic mass is 19.1. The summed E-state index contributed by atoms with van der Waals surface area (Å²) in [4.78, 5) is 11.3. The van der Waals surface area contributed by atoms with E-state index < -0.39 is 11.9 Å². The zero-order valence-corrected chi connectivity index (χ0v) is 18.9. The van der Waals surface area contributed by atoms with E-state index in [0.29, 0.717) is 25.1 Å². The van der Waals surface area contributed by atoms with Crippen molar-refractivity contribution in [1.29, 1.82) is 5.26 Å². The smallest absolute Gasteiger partial charge is 0.310 e. The molecule has 1 heterocycles. The number of nitrogens with zero attached hydrogens (tertiary/aromatic N) is 1. The maximum atomic E-state index is 14.1. The predicted octanol–water partition coefficient (Wildman–Crippen LogP) is 4.67. The van der Waals surface area contributed by atoms with Gasteiger partial charge in [-0.25, -0.2) is 4.39 Å². The number of hydrogen-bond acceptors (Lipinski definition) is 5. The lowest BCUT2D eigenvalue weighted by atomic mass is 9.95. The van der Waals surface area contributed by atoms with E-state index in [1.807, 2.05) is 42.5 Å². The van der Waals surface area contributed by atoms with E-state index in [1.165, 1.54) is 12.1 Å². The van der Waals surface area contributed by atoms with Crippen LogP contribution in [0.2, 0.25) is 0 Å². The largest absolute Gasteiger partial charge is 0.481 e. The third-order valence-electron chi connectivity index (χ3n) is 6.24. The molecule has 0 spiro atoms. The summed E-state index contributed by atoms with van der Waals surface area (Å²) in [6.45, 7) is 2.88. The molecule has 0 bridgehead atoms. The van der Waals surface area contributed by atoms with Crippen molar-refractivity contribution in [3.63, 3.8) is 0 Å². The number of aliphatic carboxylic acids is 1. The quantitative estimate of drug-likeness (QED) is 0.392. The molecule has 34 heavy (non-hydrogen) atoms. The fourth-order valence-electron chi connectivity index (χ4n) is 4.33. The van der Waals surface area contributed by atoms with Crippen molar-refractivity contribution < 1.29 is 14.3 Å². The van der Waals surface area contributed by atoms with Gasteiger partial charge in [-0.1, -0.05) is 42.5 Å². The van der Waals surface area contributed by atoms with Gasteiger partial charge in [-0.05, 0) is 60.8 Å². The molecule has 1 aliphatic rings. The van der Waals surface area contributed by atoms with Crippen LogP contribution in [0.5, 0.6) is 0 Å². The van der Waals surface area contributed by atoms with Gasteiger partial charge in [0.05, 0.1) is 34.9 Å². The average Bonchev–Trinajstić information content (AvgIpc) is 2.85. The second-order valence-electron chi connectivity index (χ2n) is 8.51. The Morgan fingerprint density at radius 2 is 1.94 bits per heavy atom. The Morgan fingerprint density at radius 3 is 2.71 bits per heavy atom. The summed E-state index contributed by atoms with van der Waals surface area (Å²) in [6, 6.07) is 21.6. The molecule has 0 amide bonds. The molecule has 0 saturated heterocycles. The highest BCUT2D eigenvalue weighted by Gasteiger charge is 2.28. The van der Waals surface area contributed by atoms with Crippen molar-refractivity contribution in [2.24, 2.45) is 0 Å². The number of fused-ring (bicyclic) bond motifs is 1. The molecule has 3 aromatic rings. The first-order valence-electron chi connectivity index (χ1n) is 11.3. The van der Waals surface area contributed by atoms with Crippen LogP contribution in [0.4, 0.5) is 15.8 Å². The summed E-state index contributed by atoms with van der Waals surface area (Å²) in [5.74, 6) is -1.73. The number of anilines is 2. The van der Waals surface area contributed by atoms with E-state index in [1.54, 1.807) is 19.1 Å². The molecular formula is C27H27FN4O2. The number of carboxylic acid groups (broad SMARTS) is 1. The lowest BCUT2D eigenvalue weighted by Crippen LogP contribution is -2.44. The summed E-state index contributed by atoms with van der Waals surface area (Å²) >= 11 is 0. The Labute approximate surface area is 198 Å². The lowest BCUT2D eigenvalue weighted by molar-refractivity contribution is -0.138. The Morgan fingerprint density at radius 1 is 1.18 bits per heavy atom. The first-order chi connectivity index (χ1) is 16.5. The highest BCUT2D eigenvalue weighted by molar-refractivity contribution is 5.77. The lowest BCUT2D eigenvalue weighted by Gasteiger charge is -2.35. The predicted molar refractivity (Wildman–Crippen MR) is 130 cm³/mol. The molecule has 0 fully saturated rings. The van der Waals surface area contributed by atoms with Crippen LogP contribution in [0, 0.1) is 17.1 Å². The summed E-state index contributed by atoms with van der Waals surface area (Å²) in [7, 11) is 0. The number of halogens is 1. The van der Waals surface area contributed by atoms with Gasteiger partial charge in [0.25, 0.3) is 0 Å². The van der Waals surface area contributed by atoms with Crippen molar-refractivity contribution in [3.05, 3.63) is 94.8 Å². The molecular weight excluding hydrogens is 431 g/mol. The second kappa shape index (κ2) is 10.4. The Balaban J connectivity index is 1.52. The number of rotatable bonds is 8. The molecule has 4 N–H and O–H groups in total. The van der Waals surface area contributed by atoms with E-state index in [9.17, 15) is 19.6 Å². The van der Waals surface area contributed by atoms with Crippen LogP contribution in [0.15, 0.2) is 66.7 Å². The molecule has 3 aromatic carbocycles. The van der Waals surface area contributed by atoms with Crippen LogP contribution in [0.3, 0.4) is 0 Å². The maximum absolute atomic E-state index is 14.1. The van der Waals surface area contributed by atoms with Crippen LogP contribution in [-0.4, -0.2) is 30.2 Å². The Hall–Kier alpha value is -3.89. The number of para-hydroxylation sites is 1. The zero-order chi connectivity index (χ0) is 24.1. The van der Waals surface area contributed by atoms with Crippen LogP contribution >= 0.6 is 0 Å². The second-order valence-corrected chi connectivity index (χ2v) is 8.51. The molecule has 0 aromatic heterocycles. The topological polar surface area (TPSA) is 97.2 Å². The summed E-state index contributed by atoms with van der Waals surface area (Å²) in [5, 5.41) is 29.2. The van der Waals surface area contributed by atoms with Crippen LogP contribution in [-0.2, 0) is 11.2 Å². The van der Waals surface area contributed by atoms with Gasteiger partial charge in [-0.3, -0.25) is 4.79 Å². The Bertz CT molecular complexity index is 1220. The van der Waals surface area contributed by atoms with Crippen LogP contribution in [0.25, 0.3) is 0 Å². The average molecular weight is 459 g/mol. The molecule has 0 aliphatic carbocycles. The first kappa shape index (κ1) is 23.3. The fourth-order valence-corrected chi connectivity index (χ4v) is 4.33. The first-order valence-corrected chi connectivity index (χ1v) is 11.3. The van der Waals surface area contributed by atoms with E-state index in [4.69, 9.17) is 0 Å². The van der Waals surface area contributed by atoms with E-state index in [-0.39, 0.29) is 17.9 Å². The molecule has 7 heteroatoms. The molecule has 4 rings (SSSR count). The zero-order valence-electron chi connectivity index (χ0n) is 18.9. The van der Waals surface area contributed by atoms with E-state index >= 15 is 0 Å². The third kappa shape index (κ3) is 5.19. The molecule has 6 nitrogen and oxygen atoms in total. The number of nitriles is 1. The van der Waals surface area contributed by atoms with Crippen molar-refractivity contribution >= 4 is 17.3 Å². The summed E-state index contributed by atoms with van der Waals surface area (Å²) in [6.07, 6.45) is 0.687. The third-order valence-corrected chi connectivity index (χ3v) is 6.24. The van der Waals surface area contributed by atoms with Gasteiger partial charge in [0.1, 0.15) is 11.9 Å². The van der Waals surface area contributed by atoms with Gasteiger partial charge in [0.2, 0.25) is 0 Å². The molecule has 3 atom stereocenters. The van der Waals surface area contributed by atoms with Gasteiger partial charge in [-0.2, -0.15) is 5.26 Å². The molecule has 0 saturated carbocycles. The summed E-state index contributed by atoms with van der Waals surface area (Å²) in [5.41, 5.74) is 4.79. The van der Waals surface area contributed by atoms with E-state index in [0.717, 1.165) is 28.1 Å². The number of benzene rings is 3. The highest BCUT2D eigenvalue weighted by Crippen LogP contribution is 2.33. The minimum Gasteiger partial charge on any atom is -0.481 e. The van der Waals surface area contributed by atoms with Gasteiger partial charge in [-0.15, -0.1) is 0 Å². The van der Waals surface area contributed by atoms with Crippen molar-refractivity contribution in [2.45, 2.75) is 31.3 Å². The summed E-state index contributed by atoms with van der Waals surface area (Å²) < 4.78 is 14.1. The number of hydrogen-bond donors (Lipinski definition) is 4. The van der Waals surface area contributed by atoms with Crippen LogP contribution < -0.4 is 16.0 Å². The van der Waals surface area contributed by atoms with Gasteiger partial charge in [0, 0.05) is 6.54 Å².